The van der Waals surface area contributed by atoms with Crippen LogP contribution in [0.5, 0.6) is 0 Å². The smallest absolute Gasteiger partial charge is 0.267 e. The van der Waals surface area contributed by atoms with Crippen molar-refractivity contribution in [3.05, 3.63) is 51.4 Å². The molecule has 0 saturated carbocycles. The zero-order valence-corrected chi connectivity index (χ0v) is 20.1. The first-order chi connectivity index (χ1) is 16.5. The maximum atomic E-state index is 13.4. The van der Waals surface area contributed by atoms with Crippen LogP contribution < -0.4 is 16.4 Å². The largest absolute Gasteiger partial charge is 0.379 e. The molecular formula is C25H34N6O3. The molecule has 9 heteroatoms. The van der Waals surface area contributed by atoms with Gasteiger partial charge in [0.25, 0.3) is 11.5 Å². The van der Waals surface area contributed by atoms with Gasteiger partial charge in [-0.2, -0.15) is 0 Å². The highest BCUT2D eigenvalue weighted by molar-refractivity contribution is 5.96. The summed E-state index contributed by atoms with van der Waals surface area (Å²) in [4.78, 5) is 33.4. The number of nitrogens with zero attached hydrogens (tertiary/aromatic N) is 4. The molecule has 4 heterocycles. The van der Waals surface area contributed by atoms with Gasteiger partial charge in [0.1, 0.15) is 16.8 Å². The lowest BCUT2D eigenvalue weighted by Gasteiger charge is -2.26. The first-order valence-corrected chi connectivity index (χ1v) is 12.2. The molecule has 9 nitrogen and oxygen atoms in total. The number of fused-ring (bicyclic) bond motifs is 2. The second kappa shape index (κ2) is 10.9. The highest BCUT2D eigenvalue weighted by Gasteiger charge is 2.18. The molecule has 1 aliphatic heterocycles. The number of aryl methyl sites for hydroxylation is 2. The van der Waals surface area contributed by atoms with Gasteiger partial charge >= 0.3 is 0 Å². The predicted molar refractivity (Wildman–Crippen MR) is 131 cm³/mol. The first-order valence-electron chi connectivity index (χ1n) is 12.2. The highest BCUT2D eigenvalue weighted by Crippen LogP contribution is 2.13. The minimum Gasteiger partial charge on any atom is -0.379 e. The van der Waals surface area contributed by atoms with Crippen LogP contribution in [0.25, 0.3) is 16.7 Å². The monoisotopic (exact) mass is 466 g/mol. The zero-order chi connectivity index (χ0) is 24.1. The van der Waals surface area contributed by atoms with Crippen molar-refractivity contribution in [3.63, 3.8) is 0 Å². The second-order valence-corrected chi connectivity index (χ2v) is 8.92. The van der Waals surface area contributed by atoms with Crippen molar-refractivity contribution in [3.8, 4) is 0 Å². The Bertz CT molecular complexity index is 1290. The maximum Gasteiger partial charge on any atom is 0.267 e. The van der Waals surface area contributed by atoms with Crippen molar-refractivity contribution in [2.75, 3.05) is 39.4 Å². The van der Waals surface area contributed by atoms with Crippen LogP contribution in [0.15, 0.2) is 29.2 Å². The topological polar surface area (TPSA) is 105 Å². The number of rotatable bonds is 9. The molecule has 1 aliphatic rings. The van der Waals surface area contributed by atoms with E-state index in [1.807, 2.05) is 19.1 Å². The molecule has 182 valence electrons. The van der Waals surface area contributed by atoms with Gasteiger partial charge in [-0.05, 0) is 31.0 Å². The molecule has 1 saturated heterocycles. The van der Waals surface area contributed by atoms with E-state index in [1.54, 1.807) is 10.8 Å². The molecule has 0 bridgehead atoms. The van der Waals surface area contributed by atoms with Gasteiger partial charge in [0.2, 0.25) is 0 Å². The first kappa shape index (κ1) is 24.1. The fraction of sp³-hybridized carbons (Fsp3) is 0.520. The normalized spacial score (nSPS) is 14.6. The van der Waals surface area contributed by atoms with Crippen LogP contribution in [-0.2, 0) is 11.3 Å². The molecule has 3 aromatic heterocycles. The summed E-state index contributed by atoms with van der Waals surface area (Å²) < 4.78 is 8.61. The van der Waals surface area contributed by atoms with E-state index in [-0.39, 0.29) is 22.5 Å². The number of morpholine rings is 1. The van der Waals surface area contributed by atoms with E-state index >= 15 is 0 Å². The Morgan fingerprint density at radius 1 is 1.18 bits per heavy atom. The molecule has 0 atom stereocenters. The van der Waals surface area contributed by atoms with E-state index in [2.05, 4.69) is 17.1 Å². The van der Waals surface area contributed by atoms with Crippen molar-refractivity contribution in [1.29, 1.82) is 5.41 Å². The molecule has 3 aromatic rings. The van der Waals surface area contributed by atoms with Crippen LogP contribution in [0.3, 0.4) is 0 Å². The third-order valence-electron chi connectivity index (χ3n) is 6.35. The summed E-state index contributed by atoms with van der Waals surface area (Å²) in [6.45, 7) is 8.92. The van der Waals surface area contributed by atoms with Crippen LogP contribution >= 0.6 is 0 Å². The Morgan fingerprint density at radius 2 is 1.97 bits per heavy atom. The Morgan fingerprint density at radius 3 is 2.74 bits per heavy atom. The summed E-state index contributed by atoms with van der Waals surface area (Å²) in [5.74, 6) is -0.337. The SMILES string of the molecule is CCCCCCn1c(=N)c(C(=O)NCCN2CCOCC2)cc2c(=O)n3cc(C)ccc3nc21. The van der Waals surface area contributed by atoms with Crippen molar-refractivity contribution in [1.82, 2.24) is 24.2 Å². The van der Waals surface area contributed by atoms with Gasteiger partial charge in [-0.25, -0.2) is 4.98 Å². The molecule has 0 spiro atoms. The minimum absolute atomic E-state index is 0.0937. The van der Waals surface area contributed by atoms with Crippen molar-refractivity contribution < 1.29 is 9.53 Å². The second-order valence-electron chi connectivity index (χ2n) is 8.92. The van der Waals surface area contributed by atoms with Gasteiger partial charge in [0.05, 0.1) is 24.2 Å². The number of unbranched alkanes of at least 4 members (excludes halogenated alkanes) is 3. The average Bonchev–Trinajstić information content (AvgIpc) is 2.84. The molecule has 4 rings (SSSR count). The highest BCUT2D eigenvalue weighted by atomic mass is 16.5. The molecular weight excluding hydrogens is 432 g/mol. The van der Waals surface area contributed by atoms with Gasteiger partial charge in [-0.3, -0.25) is 24.3 Å². The third-order valence-corrected chi connectivity index (χ3v) is 6.35. The van der Waals surface area contributed by atoms with Gasteiger partial charge < -0.3 is 14.6 Å². The summed E-state index contributed by atoms with van der Waals surface area (Å²) in [5.41, 5.74) is 2.01. The molecule has 34 heavy (non-hydrogen) atoms. The third kappa shape index (κ3) is 5.20. The number of hydrogen-bond donors (Lipinski definition) is 2. The lowest BCUT2D eigenvalue weighted by atomic mass is 10.1. The number of ether oxygens (including phenoxy) is 1. The predicted octanol–water partition coefficient (Wildman–Crippen LogP) is 2.08. The minimum atomic E-state index is -0.337. The lowest BCUT2D eigenvalue weighted by molar-refractivity contribution is 0.0383. The number of hydrogen-bond acceptors (Lipinski definition) is 6. The van der Waals surface area contributed by atoms with E-state index in [9.17, 15) is 9.59 Å². The van der Waals surface area contributed by atoms with Crippen molar-refractivity contribution in [2.24, 2.45) is 0 Å². The van der Waals surface area contributed by atoms with Crippen molar-refractivity contribution in [2.45, 2.75) is 46.1 Å². The summed E-state index contributed by atoms with van der Waals surface area (Å²) in [7, 11) is 0. The van der Waals surface area contributed by atoms with E-state index in [4.69, 9.17) is 15.1 Å². The fourth-order valence-electron chi connectivity index (χ4n) is 4.38. The summed E-state index contributed by atoms with van der Waals surface area (Å²) in [6, 6.07) is 5.26. The molecule has 1 fully saturated rings. The fourth-order valence-corrected chi connectivity index (χ4v) is 4.38. The number of nitrogens with one attached hydrogen (secondary N) is 2. The number of carbonyl (C=O) groups excluding carboxylic acids is 1. The van der Waals surface area contributed by atoms with Crippen LogP contribution in [0.4, 0.5) is 0 Å². The van der Waals surface area contributed by atoms with E-state index in [0.717, 1.165) is 50.9 Å². The molecule has 0 aromatic carbocycles. The Balaban J connectivity index is 1.70. The number of carbonyl (C=O) groups is 1. The van der Waals surface area contributed by atoms with Gasteiger partial charge in [0.15, 0.2) is 0 Å². The standard InChI is InChI=1S/C25H34N6O3/c1-3-4-5-6-10-30-22(26)19(24(32)27-9-11-29-12-14-34-15-13-29)16-20-23(30)28-21-8-7-18(2)17-31(21)25(20)33/h7-8,16-17,26H,3-6,9-15H2,1-2H3,(H,27,32). The van der Waals surface area contributed by atoms with E-state index < -0.39 is 0 Å². The molecule has 2 N–H and O–H groups in total. The Hall–Kier alpha value is -3.04. The van der Waals surface area contributed by atoms with Gasteiger partial charge in [0, 0.05) is 38.9 Å². The molecule has 0 unspecified atom stereocenters. The lowest BCUT2D eigenvalue weighted by Crippen LogP contribution is -2.42. The molecule has 0 radical (unpaired) electrons. The maximum absolute atomic E-state index is 13.4. The number of pyridine rings is 2. The zero-order valence-electron chi connectivity index (χ0n) is 20.1. The summed E-state index contributed by atoms with van der Waals surface area (Å²) in [5, 5.41) is 12.1. The van der Waals surface area contributed by atoms with Crippen LogP contribution in [0.1, 0.15) is 48.5 Å². The number of amides is 1. The van der Waals surface area contributed by atoms with Crippen LogP contribution in [0.2, 0.25) is 0 Å². The van der Waals surface area contributed by atoms with E-state index in [0.29, 0.717) is 43.0 Å². The summed E-state index contributed by atoms with van der Waals surface area (Å²) >= 11 is 0. The summed E-state index contributed by atoms with van der Waals surface area (Å²) in [6.07, 6.45) is 5.84. The molecule has 0 aliphatic carbocycles. The van der Waals surface area contributed by atoms with Gasteiger partial charge in [-0.15, -0.1) is 0 Å². The average molecular weight is 467 g/mol. The van der Waals surface area contributed by atoms with Crippen molar-refractivity contribution >= 4 is 22.6 Å². The van der Waals surface area contributed by atoms with Gasteiger partial charge in [-0.1, -0.05) is 32.3 Å². The van der Waals surface area contributed by atoms with Crippen LogP contribution in [-0.4, -0.2) is 64.2 Å². The van der Waals surface area contributed by atoms with Crippen LogP contribution in [0, 0.1) is 12.3 Å². The Kier molecular flexibility index (Phi) is 7.74. The molecule has 1 amide bonds. The Labute approximate surface area is 198 Å². The van der Waals surface area contributed by atoms with E-state index in [1.165, 1.54) is 10.5 Å². The quantitative estimate of drug-likeness (QED) is 0.371. The number of aromatic nitrogens is 3.